The molecule has 2 atom stereocenters. The van der Waals surface area contributed by atoms with Gasteiger partial charge in [-0.1, -0.05) is 0 Å². The SMILES string of the molecule is CC(NC1CCCc2sccc21)c1cc(F)cc(F)c1. The van der Waals surface area contributed by atoms with Gasteiger partial charge in [0.05, 0.1) is 0 Å². The van der Waals surface area contributed by atoms with Crippen LogP contribution < -0.4 is 5.32 Å². The Bertz CT molecular complexity index is 588. The first-order valence-corrected chi connectivity index (χ1v) is 7.80. The van der Waals surface area contributed by atoms with Gasteiger partial charge < -0.3 is 5.32 Å². The quantitative estimate of drug-likeness (QED) is 0.860. The highest BCUT2D eigenvalue weighted by Crippen LogP contribution is 2.34. The molecule has 2 aromatic rings. The van der Waals surface area contributed by atoms with Crippen molar-refractivity contribution in [1.82, 2.24) is 5.32 Å². The number of benzene rings is 1. The van der Waals surface area contributed by atoms with E-state index in [1.54, 1.807) is 11.3 Å². The summed E-state index contributed by atoms with van der Waals surface area (Å²) >= 11 is 1.80. The molecule has 1 N–H and O–H groups in total. The van der Waals surface area contributed by atoms with Crippen molar-refractivity contribution in [2.75, 3.05) is 0 Å². The van der Waals surface area contributed by atoms with Crippen LogP contribution >= 0.6 is 11.3 Å². The lowest BCUT2D eigenvalue weighted by Gasteiger charge is -2.27. The lowest BCUT2D eigenvalue weighted by atomic mass is 9.93. The van der Waals surface area contributed by atoms with Crippen LogP contribution in [0.25, 0.3) is 0 Å². The summed E-state index contributed by atoms with van der Waals surface area (Å²) in [7, 11) is 0. The molecule has 1 nitrogen and oxygen atoms in total. The molecule has 0 fully saturated rings. The standard InChI is InChI=1S/C16H17F2NS/c1-10(11-7-12(17)9-13(18)8-11)19-15-3-2-4-16-14(15)5-6-20-16/h5-10,15,19H,2-4H2,1H3. The van der Waals surface area contributed by atoms with E-state index in [2.05, 4.69) is 16.8 Å². The molecule has 4 heteroatoms. The van der Waals surface area contributed by atoms with Crippen molar-refractivity contribution in [3.63, 3.8) is 0 Å². The first-order chi connectivity index (χ1) is 9.63. The number of aryl methyl sites for hydroxylation is 1. The fourth-order valence-electron chi connectivity index (χ4n) is 2.88. The molecule has 0 amide bonds. The number of thiophene rings is 1. The Labute approximate surface area is 121 Å². The van der Waals surface area contributed by atoms with Crippen molar-refractivity contribution in [2.45, 2.75) is 38.3 Å². The van der Waals surface area contributed by atoms with Crippen LogP contribution in [-0.4, -0.2) is 0 Å². The molecule has 1 aliphatic carbocycles. The van der Waals surface area contributed by atoms with Gasteiger partial charge >= 0.3 is 0 Å². The minimum absolute atomic E-state index is 0.0731. The van der Waals surface area contributed by atoms with Gasteiger partial charge in [0.15, 0.2) is 0 Å². The highest BCUT2D eigenvalue weighted by atomic mass is 32.1. The summed E-state index contributed by atoms with van der Waals surface area (Å²) in [4.78, 5) is 1.44. The molecular formula is C16H17F2NS. The zero-order valence-electron chi connectivity index (χ0n) is 11.3. The summed E-state index contributed by atoms with van der Waals surface area (Å²) < 4.78 is 26.6. The molecule has 3 rings (SSSR count). The van der Waals surface area contributed by atoms with Gasteiger partial charge in [0.2, 0.25) is 0 Å². The topological polar surface area (TPSA) is 12.0 Å². The van der Waals surface area contributed by atoms with Crippen LogP contribution in [0, 0.1) is 11.6 Å². The molecule has 1 aliphatic rings. The van der Waals surface area contributed by atoms with E-state index in [1.807, 2.05) is 6.92 Å². The highest BCUT2D eigenvalue weighted by Gasteiger charge is 2.23. The number of nitrogens with one attached hydrogen (secondary N) is 1. The predicted octanol–water partition coefficient (Wildman–Crippen LogP) is 4.75. The molecule has 1 aromatic heterocycles. The maximum Gasteiger partial charge on any atom is 0.126 e. The van der Waals surface area contributed by atoms with Crippen molar-refractivity contribution in [1.29, 1.82) is 0 Å². The number of hydrogen-bond acceptors (Lipinski definition) is 2. The monoisotopic (exact) mass is 293 g/mol. The summed E-state index contributed by atoms with van der Waals surface area (Å²) in [6.45, 7) is 1.95. The molecule has 0 saturated carbocycles. The Kier molecular flexibility index (Phi) is 3.85. The van der Waals surface area contributed by atoms with Gasteiger partial charge in [-0.15, -0.1) is 11.3 Å². The lowest BCUT2D eigenvalue weighted by Crippen LogP contribution is -2.27. The van der Waals surface area contributed by atoms with Crippen LogP contribution in [0.15, 0.2) is 29.6 Å². The number of hydrogen-bond donors (Lipinski definition) is 1. The minimum Gasteiger partial charge on any atom is -0.303 e. The molecule has 106 valence electrons. The minimum atomic E-state index is -0.520. The maximum atomic E-state index is 13.3. The third-order valence-corrected chi connectivity index (χ3v) is 4.88. The Morgan fingerprint density at radius 1 is 1.25 bits per heavy atom. The smallest absolute Gasteiger partial charge is 0.126 e. The summed E-state index contributed by atoms with van der Waals surface area (Å²) in [6.07, 6.45) is 3.38. The molecule has 1 heterocycles. The Morgan fingerprint density at radius 3 is 2.75 bits per heavy atom. The van der Waals surface area contributed by atoms with Crippen molar-refractivity contribution in [3.8, 4) is 0 Å². The van der Waals surface area contributed by atoms with Gasteiger partial charge in [-0.3, -0.25) is 0 Å². The number of halogens is 2. The Morgan fingerprint density at radius 2 is 2.00 bits per heavy atom. The highest BCUT2D eigenvalue weighted by molar-refractivity contribution is 7.10. The number of fused-ring (bicyclic) bond motifs is 1. The molecule has 0 radical (unpaired) electrons. The average molecular weight is 293 g/mol. The van der Waals surface area contributed by atoms with Crippen LogP contribution in [0.3, 0.4) is 0 Å². The molecule has 1 aromatic carbocycles. The summed E-state index contributed by atoms with van der Waals surface area (Å²) in [5.74, 6) is -1.04. The fourth-order valence-corrected chi connectivity index (χ4v) is 3.87. The van der Waals surface area contributed by atoms with Crippen LogP contribution in [0.2, 0.25) is 0 Å². The molecule has 0 aliphatic heterocycles. The van der Waals surface area contributed by atoms with Crippen molar-refractivity contribution >= 4 is 11.3 Å². The van der Waals surface area contributed by atoms with Gasteiger partial charge in [0.25, 0.3) is 0 Å². The van der Waals surface area contributed by atoms with E-state index in [0.717, 1.165) is 25.3 Å². The van der Waals surface area contributed by atoms with Gasteiger partial charge in [-0.2, -0.15) is 0 Å². The summed E-state index contributed by atoms with van der Waals surface area (Å²) in [6, 6.07) is 6.09. The van der Waals surface area contributed by atoms with E-state index >= 15 is 0 Å². The van der Waals surface area contributed by atoms with Crippen LogP contribution in [0.5, 0.6) is 0 Å². The normalized spacial score (nSPS) is 19.6. The third-order valence-electron chi connectivity index (χ3n) is 3.89. The van der Waals surface area contributed by atoms with Crippen LogP contribution in [0.1, 0.15) is 47.9 Å². The van der Waals surface area contributed by atoms with Gasteiger partial charge in [-0.05, 0) is 60.9 Å². The second-order valence-electron chi connectivity index (χ2n) is 5.34. The van der Waals surface area contributed by atoms with Crippen LogP contribution in [0.4, 0.5) is 8.78 Å². The van der Waals surface area contributed by atoms with E-state index in [1.165, 1.54) is 22.6 Å². The zero-order chi connectivity index (χ0) is 14.1. The number of rotatable bonds is 3. The molecular weight excluding hydrogens is 276 g/mol. The maximum absolute atomic E-state index is 13.3. The van der Waals surface area contributed by atoms with E-state index < -0.39 is 11.6 Å². The summed E-state index contributed by atoms with van der Waals surface area (Å²) in [5, 5.41) is 5.63. The first-order valence-electron chi connectivity index (χ1n) is 6.92. The Balaban J connectivity index is 1.78. The van der Waals surface area contributed by atoms with E-state index in [0.29, 0.717) is 5.56 Å². The van der Waals surface area contributed by atoms with E-state index in [-0.39, 0.29) is 12.1 Å². The Hall–Kier alpha value is -1.26. The molecule has 20 heavy (non-hydrogen) atoms. The van der Waals surface area contributed by atoms with Crippen molar-refractivity contribution in [2.24, 2.45) is 0 Å². The lowest BCUT2D eigenvalue weighted by molar-refractivity contribution is 0.416. The second kappa shape index (κ2) is 5.62. The van der Waals surface area contributed by atoms with E-state index in [4.69, 9.17) is 0 Å². The summed E-state index contributed by atoms with van der Waals surface area (Å²) in [5.41, 5.74) is 2.01. The molecule has 0 bridgehead atoms. The second-order valence-corrected chi connectivity index (χ2v) is 6.34. The predicted molar refractivity (Wildman–Crippen MR) is 77.9 cm³/mol. The third kappa shape index (κ3) is 2.76. The van der Waals surface area contributed by atoms with Crippen LogP contribution in [-0.2, 0) is 6.42 Å². The van der Waals surface area contributed by atoms with Gasteiger partial charge in [0, 0.05) is 23.0 Å². The molecule has 0 saturated heterocycles. The average Bonchev–Trinajstić information content (AvgIpc) is 2.87. The fraction of sp³-hybridized carbons (Fsp3) is 0.375. The van der Waals surface area contributed by atoms with Crippen molar-refractivity contribution in [3.05, 3.63) is 57.3 Å². The molecule has 2 unspecified atom stereocenters. The molecule has 0 spiro atoms. The first kappa shape index (κ1) is 13.7. The largest absolute Gasteiger partial charge is 0.303 e. The van der Waals surface area contributed by atoms with Gasteiger partial charge in [-0.25, -0.2) is 8.78 Å². The van der Waals surface area contributed by atoms with E-state index in [9.17, 15) is 8.78 Å². The zero-order valence-corrected chi connectivity index (χ0v) is 12.1. The van der Waals surface area contributed by atoms with Gasteiger partial charge in [0.1, 0.15) is 11.6 Å². The van der Waals surface area contributed by atoms with Crippen molar-refractivity contribution < 1.29 is 8.78 Å².